The molecule has 0 bridgehead atoms. The van der Waals surface area contributed by atoms with Gasteiger partial charge in [-0.2, -0.15) is 0 Å². The summed E-state index contributed by atoms with van der Waals surface area (Å²) in [4.78, 5) is 23.0. The largest absolute Gasteiger partial charge is 0.451 e. The second kappa shape index (κ2) is 8.31. The Morgan fingerprint density at radius 2 is 1.93 bits per heavy atom. The molecular formula is C21H24N2O4. The van der Waals surface area contributed by atoms with Gasteiger partial charge in [0.1, 0.15) is 5.60 Å². The Kier molecular flexibility index (Phi) is 5.86. The van der Waals surface area contributed by atoms with E-state index in [1.165, 1.54) is 30.7 Å². The average Bonchev–Trinajstić information content (AvgIpc) is 3.21. The van der Waals surface area contributed by atoms with Gasteiger partial charge in [0.25, 0.3) is 5.69 Å². The summed E-state index contributed by atoms with van der Waals surface area (Å²) in [5.74, 6) is -0.476. The van der Waals surface area contributed by atoms with E-state index in [1.54, 1.807) is 0 Å². The first kappa shape index (κ1) is 19.0. The van der Waals surface area contributed by atoms with Crippen LogP contribution in [0.5, 0.6) is 0 Å². The van der Waals surface area contributed by atoms with Crippen molar-refractivity contribution >= 4 is 11.7 Å². The van der Waals surface area contributed by atoms with E-state index in [-0.39, 0.29) is 5.69 Å². The number of hydrogen-bond acceptors (Lipinski definition) is 5. The lowest BCUT2D eigenvalue weighted by atomic mass is 9.88. The molecule has 0 radical (unpaired) electrons. The number of non-ortho nitro benzene ring substituents is 1. The average molecular weight is 368 g/mol. The summed E-state index contributed by atoms with van der Waals surface area (Å²) in [6.07, 6.45) is 3.93. The van der Waals surface area contributed by atoms with Crippen LogP contribution < -0.4 is 5.32 Å². The highest BCUT2D eigenvalue weighted by Gasteiger charge is 2.32. The number of nitrogens with one attached hydrogen (secondary N) is 1. The molecule has 6 nitrogen and oxygen atoms in total. The monoisotopic (exact) mass is 368 g/mol. The van der Waals surface area contributed by atoms with Gasteiger partial charge in [-0.1, -0.05) is 30.3 Å². The van der Waals surface area contributed by atoms with Crippen LogP contribution in [-0.4, -0.2) is 23.5 Å². The molecule has 1 aliphatic rings. The number of nitro benzene ring substituents is 1. The number of nitro groups is 1. The molecule has 0 spiro atoms. The summed E-state index contributed by atoms with van der Waals surface area (Å²) in [6, 6.07) is 15.7. The lowest BCUT2D eigenvalue weighted by molar-refractivity contribution is -0.384. The fraction of sp³-hybridized carbons (Fsp3) is 0.381. The van der Waals surface area contributed by atoms with Gasteiger partial charge in [0.2, 0.25) is 0 Å². The molecule has 6 heteroatoms. The van der Waals surface area contributed by atoms with Crippen molar-refractivity contribution < 1.29 is 14.5 Å². The molecule has 0 aromatic heterocycles. The maximum absolute atomic E-state index is 12.7. The number of benzene rings is 2. The summed E-state index contributed by atoms with van der Waals surface area (Å²) in [5, 5.41) is 14.3. The van der Waals surface area contributed by atoms with Crippen LogP contribution in [-0.2, 0) is 10.3 Å². The number of esters is 1. The Morgan fingerprint density at radius 1 is 1.22 bits per heavy atom. The van der Waals surface area contributed by atoms with Crippen LogP contribution in [0.2, 0.25) is 0 Å². The zero-order valence-electron chi connectivity index (χ0n) is 15.4. The molecule has 1 fully saturated rings. The van der Waals surface area contributed by atoms with E-state index in [4.69, 9.17) is 4.74 Å². The number of hydrogen-bond donors (Lipinski definition) is 1. The van der Waals surface area contributed by atoms with Crippen LogP contribution in [0.4, 0.5) is 5.69 Å². The first-order valence-electron chi connectivity index (χ1n) is 9.25. The van der Waals surface area contributed by atoms with E-state index in [9.17, 15) is 14.9 Å². The molecule has 1 saturated heterocycles. The lowest BCUT2D eigenvalue weighted by Crippen LogP contribution is -2.32. The highest BCUT2D eigenvalue weighted by atomic mass is 16.6. The fourth-order valence-electron chi connectivity index (χ4n) is 3.48. The Balaban J connectivity index is 1.77. The van der Waals surface area contributed by atoms with Gasteiger partial charge in [0, 0.05) is 18.2 Å². The van der Waals surface area contributed by atoms with Crippen molar-refractivity contribution in [2.24, 2.45) is 0 Å². The van der Waals surface area contributed by atoms with Crippen LogP contribution in [0.25, 0.3) is 0 Å². The molecule has 0 saturated carbocycles. The number of carbonyl (C=O) groups is 1. The predicted octanol–water partition coefficient (Wildman–Crippen LogP) is 4.20. The minimum atomic E-state index is -0.760. The van der Waals surface area contributed by atoms with Gasteiger partial charge >= 0.3 is 5.97 Å². The Morgan fingerprint density at radius 3 is 2.52 bits per heavy atom. The molecule has 3 rings (SSSR count). The van der Waals surface area contributed by atoms with Crippen LogP contribution in [0.1, 0.15) is 48.5 Å². The molecule has 2 aromatic rings. The van der Waals surface area contributed by atoms with Crippen molar-refractivity contribution in [3.8, 4) is 0 Å². The Bertz CT molecular complexity index is 786. The molecule has 2 atom stereocenters. The molecule has 2 unspecified atom stereocenters. The maximum Gasteiger partial charge on any atom is 0.339 e. The first-order chi connectivity index (χ1) is 13.0. The van der Waals surface area contributed by atoms with Crippen molar-refractivity contribution in [3.63, 3.8) is 0 Å². The van der Waals surface area contributed by atoms with Crippen LogP contribution in [0.15, 0.2) is 54.6 Å². The molecule has 142 valence electrons. The van der Waals surface area contributed by atoms with E-state index in [1.807, 2.05) is 37.3 Å². The van der Waals surface area contributed by atoms with Gasteiger partial charge in [0.15, 0.2) is 0 Å². The van der Waals surface area contributed by atoms with E-state index in [0.717, 1.165) is 24.9 Å². The van der Waals surface area contributed by atoms with Gasteiger partial charge in [-0.25, -0.2) is 4.79 Å². The number of carbonyl (C=O) groups excluding carboxylic acids is 1. The summed E-state index contributed by atoms with van der Waals surface area (Å²) in [5.41, 5.74) is 0.439. The lowest BCUT2D eigenvalue weighted by Gasteiger charge is -2.31. The summed E-state index contributed by atoms with van der Waals surface area (Å²) in [6.45, 7) is 2.97. The number of rotatable bonds is 7. The normalized spacial score (nSPS) is 18.6. The zero-order valence-corrected chi connectivity index (χ0v) is 15.4. The first-order valence-corrected chi connectivity index (χ1v) is 9.25. The fourth-order valence-corrected chi connectivity index (χ4v) is 3.48. The van der Waals surface area contributed by atoms with Crippen molar-refractivity contribution in [2.75, 3.05) is 6.54 Å². The molecule has 1 aliphatic heterocycles. The number of nitrogens with zero attached hydrogens (tertiary/aromatic N) is 1. The Labute approximate surface area is 158 Å². The maximum atomic E-state index is 12.7. The van der Waals surface area contributed by atoms with E-state index in [0.29, 0.717) is 18.0 Å². The van der Waals surface area contributed by atoms with E-state index < -0.39 is 16.5 Å². The Hall–Kier alpha value is -2.73. The van der Waals surface area contributed by atoms with Crippen LogP contribution >= 0.6 is 0 Å². The zero-order chi connectivity index (χ0) is 19.3. The minimum absolute atomic E-state index is 0.0512. The predicted molar refractivity (Wildman–Crippen MR) is 103 cm³/mol. The summed E-state index contributed by atoms with van der Waals surface area (Å²) < 4.78 is 5.93. The molecule has 0 aliphatic carbocycles. The molecule has 27 heavy (non-hydrogen) atoms. The van der Waals surface area contributed by atoms with Crippen molar-refractivity contribution in [1.29, 1.82) is 0 Å². The third-order valence-electron chi connectivity index (χ3n) is 5.15. The van der Waals surface area contributed by atoms with Crippen LogP contribution in [0.3, 0.4) is 0 Å². The van der Waals surface area contributed by atoms with Crippen molar-refractivity contribution in [3.05, 3.63) is 75.8 Å². The number of ether oxygens (including phenoxy) is 1. The molecule has 0 amide bonds. The third-order valence-corrected chi connectivity index (χ3v) is 5.15. The van der Waals surface area contributed by atoms with Gasteiger partial charge in [-0.3, -0.25) is 10.1 Å². The second-order valence-electron chi connectivity index (χ2n) is 7.12. The molecular weight excluding hydrogens is 344 g/mol. The summed E-state index contributed by atoms with van der Waals surface area (Å²) in [7, 11) is 0. The van der Waals surface area contributed by atoms with E-state index in [2.05, 4.69) is 5.32 Å². The standard InChI is InChI=1S/C21H24N2O4/c1-21(17-6-3-2-4-7-17,14-13-18-8-5-15-22-18)27-20(24)16-9-11-19(12-10-16)23(25)26/h2-4,6-7,9-12,18,22H,5,8,13-15H2,1H3. The van der Waals surface area contributed by atoms with Gasteiger partial charge in [0.05, 0.1) is 10.5 Å². The van der Waals surface area contributed by atoms with Crippen molar-refractivity contribution in [1.82, 2.24) is 5.32 Å². The molecule has 2 aromatic carbocycles. The smallest absolute Gasteiger partial charge is 0.339 e. The third kappa shape index (κ3) is 4.71. The second-order valence-corrected chi connectivity index (χ2v) is 7.12. The molecule has 1 N–H and O–H groups in total. The highest BCUT2D eigenvalue weighted by molar-refractivity contribution is 5.90. The van der Waals surface area contributed by atoms with Gasteiger partial charge in [-0.15, -0.1) is 0 Å². The van der Waals surface area contributed by atoms with Crippen molar-refractivity contribution in [2.45, 2.75) is 44.2 Å². The van der Waals surface area contributed by atoms with Gasteiger partial charge in [-0.05, 0) is 56.8 Å². The van der Waals surface area contributed by atoms with Crippen LogP contribution in [0, 0.1) is 10.1 Å². The topological polar surface area (TPSA) is 81.5 Å². The SMILES string of the molecule is CC(CCC1CCCN1)(OC(=O)c1ccc([N+](=O)[O-])cc1)c1ccccc1. The summed E-state index contributed by atoms with van der Waals surface area (Å²) >= 11 is 0. The molecule has 1 heterocycles. The van der Waals surface area contributed by atoms with Gasteiger partial charge < -0.3 is 10.1 Å². The minimum Gasteiger partial charge on any atom is -0.451 e. The highest BCUT2D eigenvalue weighted by Crippen LogP contribution is 2.33. The van der Waals surface area contributed by atoms with E-state index >= 15 is 0 Å². The quantitative estimate of drug-likeness (QED) is 0.450.